The van der Waals surface area contributed by atoms with Gasteiger partial charge in [0.05, 0.1) is 24.8 Å². The molecular formula is C34H31F3N4O3. The fourth-order valence-electron chi connectivity index (χ4n) is 5.54. The molecule has 0 radical (unpaired) electrons. The molecule has 0 unspecified atom stereocenters. The van der Waals surface area contributed by atoms with Crippen LogP contribution in [0, 0.1) is 17.5 Å². The van der Waals surface area contributed by atoms with Gasteiger partial charge in [-0.3, -0.25) is 4.79 Å². The first-order valence-corrected chi connectivity index (χ1v) is 14.3. The molecule has 5 aromatic rings. The van der Waals surface area contributed by atoms with Crippen LogP contribution < -0.4 is 15.4 Å². The second-order valence-electron chi connectivity index (χ2n) is 11.2. The van der Waals surface area contributed by atoms with Gasteiger partial charge in [0.15, 0.2) is 0 Å². The number of aromatic nitrogens is 2. The van der Waals surface area contributed by atoms with Crippen LogP contribution in [-0.2, 0) is 12.0 Å². The topological polar surface area (TPSA) is 99.3 Å². The number of aromatic amines is 1. The smallest absolute Gasteiger partial charge is 0.254 e. The van der Waals surface area contributed by atoms with Gasteiger partial charge in [-0.15, -0.1) is 0 Å². The van der Waals surface area contributed by atoms with E-state index in [9.17, 15) is 18.7 Å². The number of fused-ring (bicyclic) bond motifs is 1. The second kappa shape index (κ2) is 12.1. The predicted octanol–water partition coefficient (Wildman–Crippen LogP) is 5.64. The Balaban J connectivity index is 1.24. The summed E-state index contributed by atoms with van der Waals surface area (Å²) in [5.41, 5.74) is 2.60. The average Bonchev–Trinajstić information content (AvgIpc) is 3.67. The lowest BCUT2D eigenvalue weighted by molar-refractivity contribution is 0.0818. The zero-order valence-corrected chi connectivity index (χ0v) is 23.9. The highest BCUT2D eigenvalue weighted by molar-refractivity contribution is 5.96. The van der Waals surface area contributed by atoms with E-state index >= 15 is 4.39 Å². The number of carbonyl (C=O) groups excluding carboxylic acids is 1. The molecule has 2 heterocycles. The Bertz CT molecular complexity index is 1800. The van der Waals surface area contributed by atoms with E-state index in [0.717, 1.165) is 42.0 Å². The van der Waals surface area contributed by atoms with Gasteiger partial charge in [-0.1, -0.05) is 18.2 Å². The largest absolute Gasteiger partial charge is 0.497 e. The zero-order valence-electron chi connectivity index (χ0n) is 23.9. The molecule has 1 saturated carbocycles. The van der Waals surface area contributed by atoms with Crippen molar-refractivity contribution < 1.29 is 27.8 Å². The summed E-state index contributed by atoms with van der Waals surface area (Å²) in [5, 5.41) is 18.3. The molecule has 0 aliphatic heterocycles. The normalized spacial score (nSPS) is 15.1. The summed E-state index contributed by atoms with van der Waals surface area (Å²) in [6.07, 6.45) is 3.78. The van der Waals surface area contributed by atoms with Crippen LogP contribution in [0.15, 0.2) is 85.2 Å². The Morgan fingerprint density at radius 3 is 2.57 bits per heavy atom. The SMILES string of the molecule is COc1cccc(C2(NC[C@@H](O)[C@H](Cc3cc(F)cc(F)c3)NC(=O)c3cc(-c4cnc5[nH]ccc5c4)ccc3F)CC2)c1. The van der Waals surface area contributed by atoms with Crippen molar-refractivity contribution >= 4 is 16.9 Å². The molecule has 4 N–H and O–H groups in total. The molecule has 6 rings (SSSR count). The molecule has 0 bridgehead atoms. The number of hydrogen-bond acceptors (Lipinski definition) is 5. The minimum atomic E-state index is -1.18. The first-order valence-electron chi connectivity index (χ1n) is 14.3. The summed E-state index contributed by atoms with van der Waals surface area (Å²) in [6.45, 7) is 0.0603. The van der Waals surface area contributed by atoms with Crippen molar-refractivity contribution in [3.63, 3.8) is 0 Å². The second-order valence-corrected chi connectivity index (χ2v) is 11.2. The standard InChI is InChI=1S/C34H31F3N4O3/c1-44-27-4-2-3-24(16-27)34(8-9-34)40-19-31(42)30(13-20-11-25(35)17-26(36)12-20)41-33(43)28-15-21(5-6-29(28)37)23-14-22-7-10-38-32(22)39-18-23/h2-7,10-12,14-18,30-31,40,42H,8-9,13,19H2,1H3,(H,38,39)(H,41,43)/t30-,31+/m0/s1. The first kappa shape index (κ1) is 29.4. The number of hydrogen-bond donors (Lipinski definition) is 4. The Morgan fingerprint density at radius 1 is 1.02 bits per heavy atom. The molecule has 2 aromatic heterocycles. The van der Waals surface area contributed by atoms with Gasteiger partial charge in [0.1, 0.15) is 28.8 Å². The van der Waals surface area contributed by atoms with Gasteiger partial charge in [0.2, 0.25) is 0 Å². The van der Waals surface area contributed by atoms with Crippen LogP contribution in [0.2, 0.25) is 0 Å². The van der Waals surface area contributed by atoms with Gasteiger partial charge in [0.25, 0.3) is 5.91 Å². The van der Waals surface area contributed by atoms with Crippen LogP contribution >= 0.6 is 0 Å². The number of rotatable bonds is 11. The Morgan fingerprint density at radius 2 is 1.82 bits per heavy atom. The number of benzene rings is 3. The molecule has 44 heavy (non-hydrogen) atoms. The summed E-state index contributed by atoms with van der Waals surface area (Å²) in [7, 11) is 1.59. The summed E-state index contributed by atoms with van der Waals surface area (Å²) in [4.78, 5) is 20.9. The fourth-order valence-corrected chi connectivity index (χ4v) is 5.54. The molecule has 10 heteroatoms. The molecule has 2 atom stereocenters. The average molecular weight is 601 g/mol. The first-order chi connectivity index (χ1) is 21.2. The third kappa shape index (κ3) is 6.31. The van der Waals surface area contributed by atoms with Crippen LogP contribution in [0.5, 0.6) is 5.75 Å². The summed E-state index contributed by atoms with van der Waals surface area (Å²) < 4.78 is 48.4. The van der Waals surface area contributed by atoms with Crippen molar-refractivity contribution in [2.24, 2.45) is 0 Å². The molecule has 0 spiro atoms. The van der Waals surface area contributed by atoms with E-state index in [1.807, 2.05) is 36.4 Å². The van der Waals surface area contributed by atoms with Gasteiger partial charge in [0, 0.05) is 41.5 Å². The van der Waals surface area contributed by atoms with Crippen molar-refractivity contribution in [2.45, 2.75) is 36.9 Å². The minimum Gasteiger partial charge on any atom is -0.497 e. The molecule has 1 aliphatic carbocycles. The maximum atomic E-state index is 15.0. The van der Waals surface area contributed by atoms with Crippen LogP contribution in [0.25, 0.3) is 22.2 Å². The van der Waals surface area contributed by atoms with Gasteiger partial charge < -0.3 is 25.5 Å². The summed E-state index contributed by atoms with van der Waals surface area (Å²) >= 11 is 0. The highest BCUT2D eigenvalue weighted by atomic mass is 19.1. The number of methoxy groups -OCH3 is 1. The minimum absolute atomic E-state index is 0.0603. The molecule has 226 valence electrons. The van der Waals surface area contributed by atoms with E-state index < -0.39 is 35.5 Å². The maximum absolute atomic E-state index is 15.0. The lowest BCUT2D eigenvalue weighted by Gasteiger charge is -2.27. The molecule has 0 saturated heterocycles. The summed E-state index contributed by atoms with van der Waals surface area (Å²) in [5.74, 6) is -2.36. The van der Waals surface area contributed by atoms with E-state index in [-0.39, 0.29) is 29.6 Å². The molecule has 1 amide bonds. The molecule has 1 fully saturated rings. The van der Waals surface area contributed by atoms with Crippen LogP contribution in [0.3, 0.4) is 0 Å². The van der Waals surface area contributed by atoms with E-state index in [2.05, 4.69) is 20.6 Å². The Labute approximate surface area is 252 Å². The predicted molar refractivity (Wildman–Crippen MR) is 161 cm³/mol. The number of carbonyl (C=O) groups is 1. The number of halogens is 3. The lowest BCUT2D eigenvalue weighted by atomic mass is 9.98. The number of H-pyrrole nitrogens is 1. The van der Waals surface area contributed by atoms with E-state index in [0.29, 0.717) is 22.5 Å². The highest BCUT2D eigenvalue weighted by Gasteiger charge is 2.44. The fraction of sp³-hybridized carbons (Fsp3) is 0.235. The van der Waals surface area contributed by atoms with Crippen LogP contribution in [-0.4, -0.2) is 46.8 Å². The number of amides is 1. The third-order valence-corrected chi connectivity index (χ3v) is 8.13. The number of aliphatic hydroxyl groups excluding tert-OH is 1. The van der Waals surface area contributed by atoms with E-state index in [1.54, 1.807) is 25.6 Å². The molecular weight excluding hydrogens is 569 g/mol. The molecule has 3 aromatic carbocycles. The van der Waals surface area contributed by atoms with E-state index in [4.69, 9.17) is 4.74 Å². The highest BCUT2D eigenvalue weighted by Crippen LogP contribution is 2.46. The van der Waals surface area contributed by atoms with Gasteiger partial charge >= 0.3 is 0 Å². The van der Waals surface area contributed by atoms with Gasteiger partial charge in [-0.05, 0) is 84.5 Å². The quantitative estimate of drug-likeness (QED) is 0.157. The van der Waals surface area contributed by atoms with Crippen molar-refractivity contribution in [1.82, 2.24) is 20.6 Å². The van der Waals surface area contributed by atoms with Crippen molar-refractivity contribution in [2.75, 3.05) is 13.7 Å². The zero-order chi connectivity index (χ0) is 30.8. The van der Waals surface area contributed by atoms with Crippen LogP contribution in [0.4, 0.5) is 13.2 Å². The van der Waals surface area contributed by atoms with E-state index in [1.165, 1.54) is 12.1 Å². The number of nitrogens with one attached hydrogen (secondary N) is 3. The van der Waals surface area contributed by atoms with Crippen molar-refractivity contribution in [3.8, 4) is 16.9 Å². The lowest BCUT2D eigenvalue weighted by Crippen LogP contribution is -2.50. The maximum Gasteiger partial charge on any atom is 0.254 e. The third-order valence-electron chi connectivity index (χ3n) is 8.13. The number of pyridine rings is 1. The van der Waals surface area contributed by atoms with Crippen molar-refractivity contribution in [1.29, 1.82) is 0 Å². The van der Waals surface area contributed by atoms with Crippen LogP contribution in [0.1, 0.15) is 34.3 Å². The number of ether oxygens (including phenoxy) is 1. The Hall–Kier alpha value is -4.67. The molecule has 7 nitrogen and oxygen atoms in total. The number of aliphatic hydroxyl groups is 1. The molecule has 1 aliphatic rings. The van der Waals surface area contributed by atoms with Crippen molar-refractivity contribution in [3.05, 3.63) is 119 Å². The number of nitrogens with zero attached hydrogens (tertiary/aromatic N) is 1. The Kier molecular flexibility index (Phi) is 8.11. The summed E-state index contributed by atoms with van der Waals surface area (Å²) in [6, 6.07) is 17.6. The monoisotopic (exact) mass is 600 g/mol. The van der Waals surface area contributed by atoms with Gasteiger partial charge in [-0.2, -0.15) is 0 Å². The van der Waals surface area contributed by atoms with Gasteiger partial charge in [-0.25, -0.2) is 18.2 Å².